The summed E-state index contributed by atoms with van der Waals surface area (Å²) in [5, 5.41) is 0.665. The second-order valence-electron chi connectivity index (χ2n) is 5.12. The monoisotopic (exact) mass is 306 g/mol. The van der Waals surface area contributed by atoms with Crippen LogP contribution in [0.2, 0.25) is 5.02 Å². The highest BCUT2D eigenvalue weighted by Crippen LogP contribution is 2.31. The van der Waals surface area contributed by atoms with Gasteiger partial charge in [0.1, 0.15) is 5.82 Å². The Hall–Kier alpha value is -1.58. The summed E-state index contributed by atoms with van der Waals surface area (Å²) in [6, 6.07) is 12.5. The molecule has 0 saturated heterocycles. The van der Waals surface area contributed by atoms with Crippen LogP contribution in [0.5, 0.6) is 0 Å². The fraction of sp³-hybridized carbons (Fsp3) is 0.294. The van der Waals surface area contributed by atoms with Gasteiger partial charge in [-0.15, -0.1) is 0 Å². The SMILES string of the molecule is CC(c1ccccc1F)N(C)c1cc(Cl)ccc1CCN. The van der Waals surface area contributed by atoms with E-state index in [1.54, 1.807) is 6.07 Å². The minimum atomic E-state index is -0.195. The number of halogens is 2. The number of nitrogens with zero attached hydrogens (tertiary/aromatic N) is 1. The van der Waals surface area contributed by atoms with Crippen molar-refractivity contribution in [2.24, 2.45) is 5.73 Å². The number of hydrogen-bond acceptors (Lipinski definition) is 2. The fourth-order valence-electron chi connectivity index (χ4n) is 2.46. The van der Waals surface area contributed by atoms with E-state index in [0.717, 1.165) is 17.7 Å². The molecule has 2 nitrogen and oxygen atoms in total. The molecule has 2 aromatic rings. The van der Waals surface area contributed by atoms with Gasteiger partial charge in [0.05, 0.1) is 6.04 Å². The van der Waals surface area contributed by atoms with Crippen LogP contribution in [0.1, 0.15) is 24.1 Å². The maximum atomic E-state index is 14.0. The molecule has 0 spiro atoms. The summed E-state index contributed by atoms with van der Waals surface area (Å²) in [5.74, 6) is -0.195. The zero-order chi connectivity index (χ0) is 15.4. The van der Waals surface area contributed by atoms with E-state index in [1.165, 1.54) is 6.07 Å². The lowest BCUT2D eigenvalue weighted by Gasteiger charge is -2.30. The van der Waals surface area contributed by atoms with Crippen molar-refractivity contribution in [2.45, 2.75) is 19.4 Å². The van der Waals surface area contributed by atoms with Gasteiger partial charge in [0.15, 0.2) is 0 Å². The van der Waals surface area contributed by atoms with Crippen molar-refractivity contribution >= 4 is 17.3 Å². The summed E-state index contributed by atoms with van der Waals surface area (Å²) in [5.41, 5.74) is 8.44. The number of rotatable bonds is 5. The standard InChI is InChI=1S/C17H20ClFN2/c1-12(15-5-3-4-6-16(15)19)21(2)17-11-14(18)8-7-13(17)9-10-20/h3-8,11-12H,9-10,20H2,1-2H3. The Morgan fingerprint density at radius 1 is 1.24 bits per heavy atom. The summed E-state index contributed by atoms with van der Waals surface area (Å²) in [7, 11) is 1.95. The van der Waals surface area contributed by atoms with Crippen LogP contribution in [0.25, 0.3) is 0 Å². The van der Waals surface area contributed by atoms with Crippen molar-refractivity contribution in [3.8, 4) is 0 Å². The zero-order valence-corrected chi connectivity index (χ0v) is 13.1. The third-order valence-corrected chi connectivity index (χ3v) is 4.01. The third-order valence-electron chi connectivity index (χ3n) is 3.78. The Labute approximate surface area is 130 Å². The van der Waals surface area contributed by atoms with Crippen molar-refractivity contribution < 1.29 is 4.39 Å². The quantitative estimate of drug-likeness (QED) is 0.898. The van der Waals surface area contributed by atoms with E-state index < -0.39 is 0 Å². The van der Waals surface area contributed by atoms with E-state index in [2.05, 4.69) is 0 Å². The fourth-order valence-corrected chi connectivity index (χ4v) is 2.63. The zero-order valence-electron chi connectivity index (χ0n) is 12.3. The Balaban J connectivity index is 2.37. The molecule has 0 bridgehead atoms. The molecular weight excluding hydrogens is 287 g/mol. The third kappa shape index (κ3) is 3.55. The second-order valence-corrected chi connectivity index (χ2v) is 5.56. The molecule has 2 N–H and O–H groups in total. The minimum Gasteiger partial charge on any atom is -0.367 e. The Morgan fingerprint density at radius 2 is 1.95 bits per heavy atom. The number of benzene rings is 2. The molecular formula is C17H20ClFN2. The summed E-state index contributed by atoms with van der Waals surface area (Å²) in [6.07, 6.45) is 0.765. The first-order valence-electron chi connectivity index (χ1n) is 7.00. The molecule has 2 aromatic carbocycles. The topological polar surface area (TPSA) is 29.3 Å². The molecule has 0 amide bonds. The molecule has 2 rings (SSSR count). The van der Waals surface area contributed by atoms with Crippen LogP contribution in [-0.2, 0) is 6.42 Å². The Bertz CT molecular complexity index is 615. The van der Waals surface area contributed by atoms with Crippen LogP contribution in [-0.4, -0.2) is 13.6 Å². The summed E-state index contributed by atoms with van der Waals surface area (Å²) >= 11 is 6.11. The first-order chi connectivity index (χ1) is 10.0. The van der Waals surface area contributed by atoms with Gasteiger partial charge in [-0.1, -0.05) is 35.9 Å². The average Bonchev–Trinajstić information content (AvgIpc) is 2.48. The van der Waals surface area contributed by atoms with Gasteiger partial charge in [-0.25, -0.2) is 4.39 Å². The highest BCUT2D eigenvalue weighted by molar-refractivity contribution is 6.30. The van der Waals surface area contributed by atoms with E-state index in [1.807, 2.05) is 49.2 Å². The lowest BCUT2D eigenvalue weighted by atomic mass is 10.0. The Kier molecular flexibility index (Phi) is 5.21. The first kappa shape index (κ1) is 15.8. The van der Waals surface area contributed by atoms with Gasteiger partial charge in [0, 0.05) is 23.3 Å². The van der Waals surface area contributed by atoms with Crippen molar-refractivity contribution in [1.82, 2.24) is 0 Å². The Morgan fingerprint density at radius 3 is 2.62 bits per heavy atom. The second kappa shape index (κ2) is 6.92. The van der Waals surface area contributed by atoms with Crippen molar-refractivity contribution in [3.05, 3.63) is 64.4 Å². The molecule has 1 atom stereocenters. The van der Waals surface area contributed by atoms with Crippen molar-refractivity contribution in [1.29, 1.82) is 0 Å². The molecule has 0 aromatic heterocycles. The number of hydrogen-bond donors (Lipinski definition) is 1. The molecule has 0 fully saturated rings. The molecule has 1 unspecified atom stereocenters. The molecule has 112 valence electrons. The molecule has 0 aliphatic rings. The average molecular weight is 307 g/mol. The van der Waals surface area contributed by atoms with Crippen LogP contribution in [0.15, 0.2) is 42.5 Å². The van der Waals surface area contributed by atoms with Crippen LogP contribution in [0, 0.1) is 5.82 Å². The summed E-state index contributed by atoms with van der Waals surface area (Å²) in [6.45, 7) is 2.54. The number of nitrogens with two attached hydrogens (primary N) is 1. The molecule has 4 heteroatoms. The smallest absolute Gasteiger partial charge is 0.128 e. The summed E-state index contributed by atoms with van der Waals surface area (Å²) in [4.78, 5) is 2.04. The lowest BCUT2D eigenvalue weighted by Crippen LogP contribution is -2.24. The van der Waals surface area contributed by atoms with Crippen LogP contribution < -0.4 is 10.6 Å². The van der Waals surface area contributed by atoms with Crippen LogP contribution in [0.4, 0.5) is 10.1 Å². The van der Waals surface area contributed by atoms with E-state index in [0.29, 0.717) is 17.1 Å². The minimum absolute atomic E-state index is 0.0961. The van der Waals surface area contributed by atoms with E-state index in [4.69, 9.17) is 17.3 Å². The first-order valence-corrected chi connectivity index (χ1v) is 7.38. The van der Waals surface area contributed by atoms with E-state index >= 15 is 0 Å². The molecule has 0 radical (unpaired) electrons. The molecule has 0 saturated carbocycles. The predicted molar refractivity (Wildman–Crippen MR) is 87.4 cm³/mol. The maximum Gasteiger partial charge on any atom is 0.128 e. The van der Waals surface area contributed by atoms with Gasteiger partial charge < -0.3 is 10.6 Å². The van der Waals surface area contributed by atoms with Crippen molar-refractivity contribution in [3.63, 3.8) is 0 Å². The lowest BCUT2D eigenvalue weighted by molar-refractivity contribution is 0.585. The van der Waals surface area contributed by atoms with Gasteiger partial charge in [-0.2, -0.15) is 0 Å². The van der Waals surface area contributed by atoms with Gasteiger partial charge in [0.2, 0.25) is 0 Å². The highest BCUT2D eigenvalue weighted by Gasteiger charge is 2.18. The summed E-state index contributed by atoms with van der Waals surface area (Å²) < 4.78 is 14.0. The maximum absolute atomic E-state index is 14.0. The van der Waals surface area contributed by atoms with Gasteiger partial charge in [-0.3, -0.25) is 0 Å². The number of anilines is 1. The predicted octanol–water partition coefficient (Wildman–Crippen LogP) is 4.18. The molecule has 0 heterocycles. The normalized spacial score (nSPS) is 12.2. The van der Waals surface area contributed by atoms with E-state index in [-0.39, 0.29) is 11.9 Å². The van der Waals surface area contributed by atoms with E-state index in [9.17, 15) is 4.39 Å². The van der Waals surface area contributed by atoms with Gasteiger partial charge in [-0.05, 0) is 43.7 Å². The molecule has 0 aliphatic carbocycles. The van der Waals surface area contributed by atoms with Crippen LogP contribution in [0.3, 0.4) is 0 Å². The van der Waals surface area contributed by atoms with Crippen molar-refractivity contribution in [2.75, 3.05) is 18.5 Å². The van der Waals surface area contributed by atoms with Gasteiger partial charge >= 0.3 is 0 Å². The molecule has 21 heavy (non-hydrogen) atoms. The highest BCUT2D eigenvalue weighted by atomic mass is 35.5. The molecule has 0 aliphatic heterocycles. The van der Waals surface area contributed by atoms with Crippen LogP contribution >= 0.6 is 11.6 Å². The van der Waals surface area contributed by atoms with Gasteiger partial charge in [0.25, 0.3) is 0 Å². The largest absolute Gasteiger partial charge is 0.367 e.